The maximum atomic E-state index is 13.6. The van der Waals surface area contributed by atoms with Crippen molar-refractivity contribution in [2.75, 3.05) is 11.9 Å². The van der Waals surface area contributed by atoms with Crippen LogP contribution < -0.4 is 10.1 Å². The molecule has 0 spiro atoms. The van der Waals surface area contributed by atoms with Gasteiger partial charge in [-0.15, -0.1) is 0 Å². The fourth-order valence-corrected chi connectivity index (χ4v) is 2.20. The summed E-state index contributed by atoms with van der Waals surface area (Å²) in [5.41, 5.74) is 2.22. The lowest BCUT2D eigenvalue weighted by molar-refractivity contribution is -0.118. The summed E-state index contributed by atoms with van der Waals surface area (Å²) in [7, 11) is 1.80. The number of hydrogen-bond acceptors (Lipinski definition) is 3. The van der Waals surface area contributed by atoms with Gasteiger partial charge in [0, 0.05) is 11.5 Å². The van der Waals surface area contributed by atoms with Gasteiger partial charge in [0.15, 0.2) is 18.2 Å². The second-order valence-electron chi connectivity index (χ2n) is 4.58. The summed E-state index contributed by atoms with van der Waals surface area (Å²) in [6.45, 7) is 3.38. The van der Waals surface area contributed by atoms with Gasteiger partial charge in [0.1, 0.15) is 0 Å². The second-order valence-corrected chi connectivity index (χ2v) is 5.50. The van der Waals surface area contributed by atoms with Crippen molar-refractivity contribution in [3.05, 3.63) is 39.9 Å². The minimum absolute atomic E-state index is 0.0352. The SMILES string of the molecule is Cc1nn(C)c(C)c1NC(=O)COc1ccc(Br)cc1F. The Kier molecular flexibility index (Phi) is 4.62. The van der Waals surface area contributed by atoms with Crippen molar-refractivity contribution in [3.8, 4) is 5.75 Å². The highest BCUT2D eigenvalue weighted by Gasteiger charge is 2.13. The number of halogens is 2. The quantitative estimate of drug-likeness (QED) is 0.917. The number of nitrogens with zero attached hydrogens (tertiary/aromatic N) is 2. The van der Waals surface area contributed by atoms with Gasteiger partial charge in [-0.05, 0) is 32.0 Å². The molecule has 0 aliphatic heterocycles. The van der Waals surface area contributed by atoms with E-state index >= 15 is 0 Å². The van der Waals surface area contributed by atoms with E-state index in [0.717, 1.165) is 11.4 Å². The third-order valence-corrected chi connectivity index (χ3v) is 3.52. The summed E-state index contributed by atoms with van der Waals surface area (Å²) in [6, 6.07) is 4.39. The average molecular weight is 356 g/mol. The van der Waals surface area contributed by atoms with Gasteiger partial charge in [-0.2, -0.15) is 5.10 Å². The van der Waals surface area contributed by atoms with Gasteiger partial charge in [0.05, 0.1) is 17.1 Å². The Hall–Kier alpha value is -1.89. The molecule has 1 aromatic heterocycles. The number of aryl methyl sites for hydroxylation is 2. The maximum absolute atomic E-state index is 13.6. The molecular formula is C14H15BrFN3O2. The maximum Gasteiger partial charge on any atom is 0.262 e. The first kappa shape index (κ1) is 15.5. The summed E-state index contributed by atoms with van der Waals surface area (Å²) in [5.74, 6) is -0.851. The molecule has 112 valence electrons. The number of nitrogens with one attached hydrogen (secondary N) is 1. The Morgan fingerprint density at radius 2 is 2.19 bits per heavy atom. The van der Waals surface area contributed by atoms with Crippen LogP contribution in [-0.4, -0.2) is 22.3 Å². The average Bonchev–Trinajstić information content (AvgIpc) is 2.64. The second kappa shape index (κ2) is 6.26. The van der Waals surface area contributed by atoms with E-state index < -0.39 is 5.82 Å². The molecule has 2 rings (SSSR count). The predicted octanol–water partition coefficient (Wildman–Crippen LogP) is 2.96. The summed E-state index contributed by atoms with van der Waals surface area (Å²) in [4.78, 5) is 11.9. The van der Waals surface area contributed by atoms with E-state index in [2.05, 4.69) is 26.3 Å². The normalized spacial score (nSPS) is 10.5. The zero-order valence-corrected chi connectivity index (χ0v) is 13.5. The Balaban J connectivity index is 1.99. The van der Waals surface area contributed by atoms with E-state index in [1.54, 1.807) is 24.7 Å². The van der Waals surface area contributed by atoms with Crippen LogP contribution in [0.25, 0.3) is 0 Å². The Labute approximate surface area is 130 Å². The molecule has 0 aliphatic rings. The molecule has 0 saturated carbocycles. The van der Waals surface area contributed by atoms with Crippen molar-refractivity contribution < 1.29 is 13.9 Å². The van der Waals surface area contributed by atoms with Gasteiger partial charge >= 0.3 is 0 Å². The summed E-state index contributed by atoms with van der Waals surface area (Å²) >= 11 is 3.15. The smallest absolute Gasteiger partial charge is 0.262 e. The molecule has 1 amide bonds. The van der Waals surface area contributed by atoms with Crippen molar-refractivity contribution in [1.82, 2.24) is 9.78 Å². The van der Waals surface area contributed by atoms with Gasteiger partial charge < -0.3 is 10.1 Å². The molecule has 0 fully saturated rings. The van der Waals surface area contributed by atoms with Crippen LogP contribution in [0.4, 0.5) is 10.1 Å². The Morgan fingerprint density at radius 3 is 2.76 bits per heavy atom. The van der Waals surface area contributed by atoms with Crippen LogP contribution in [0.3, 0.4) is 0 Å². The number of ether oxygens (including phenoxy) is 1. The van der Waals surface area contributed by atoms with Crippen molar-refractivity contribution in [2.45, 2.75) is 13.8 Å². The molecule has 0 aliphatic carbocycles. The van der Waals surface area contributed by atoms with Crippen LogP contribution in [0.5, 0.6) is 5.75 Å². The van der Waals surface area contributed by atoms with E-state index in [9.17, 15) is 9.18 Å². The lowest BCUT2D eigenvalue weighted by atomic mass is 10.3. The van der Waals surface area contributed by atoms with Gasteiger partial charge in [0.25, 0.3) is 5.91 Å². The molecule has 1 aromatic carbocycles. The fourth-order valence-electron chi connectivity index (χ4n) is 1.87. The molecule has 5 nitrogen and oxygen atoms in total. The number of anilines is 1. The lowest BCUT2D eigenvalue weighted by Gasteiger charge is -2.08. The van der Waals surface area contributed by atoms with E-state index in [0.29, 0.717) is 10.2 Å². The molecule has 2 aromatic rings. The number of rotatable bonds is 4. The van der Waals surface area contributed by atoms with Gasteiger partial charge in [-0.1, -0.05) is 15.9 Å². The van der Waals surface area contributed by atoms with Crippen LogP contribution in [0, 0.1) is 19.7 Å². The van der Waals surface area contributed by atoms with Crippen molar-refractivity contribution >= 4 is 27.5 Å². The Bertz CT molecular complexity index is 685. The summed E-state index contributed by atoms with van der Waals surface area (Å²) < 4.78 is 21.0. The van der Waals surface area contributed by atoms with Crippen molar-refractivity contribution in [2.24, 2.45) is 7.05 Å². The molecule has 1 heterocycles. The third-order valence-electron chi connectivity index (χ3n) is 3.03. The summed E-state index contributed by atoms with van der Waals surface area (Å²) in [6.07, 6.45) is 0. The third kappa shape index (κ3) is 3.60. The molecule has 21 heavy (non-hydrogen) atoms. The number of carbonyl (C=O) groups excluding carboxylic acids is 1. The van der Waals surface area contributed by atoms with Crippen molar-refractivity contribution in [3.63, 3.8) is 0 Å². The molecule has 0 unspecified atom stereocenters. The first-order valence-corrected chi connectivity index (χ1v) is 7.05. The zero-order valence-electron chi connectivity index (χ0n) is 11.9. The van der Waals surface area contributed by atoms with Crippen LogP contribution in [0.15, 0.2) is 22.7 Å². The molecular weight excluding hydrogens is 341 g/mol. The fraction of sp³-hybridized carbons (Fsp3) is 0.286. The van der Waals surface area contributed by atoms with E-state index in [1.165, 1.54) is 12.1 Å². The molecule has 0 radical (unpaired) electrons. The van der Waals surface area contributed by atoms with Gasteiger partial charge in [0.2, 0.25) is 0 Å². The first-order chi connectivity index (χ1) is 9.88. The van der Waals surface area contributed by atoms with Crippen LogP contribution in [0.1, 0.15) is 11.4 Å². The van der Waals surface area contributed by atoms with Gasteiger partial charge in [-0.3, -0.25) is 9.48 Å². The van der Waals surface area contributed by atoms with E-state index in [1.807, 2.05) is 6.92 Å². The number of carbonyl (C=O) groups is 1. The minimum Gasteiger partial charge on any atom is -0.481 e. The largest absolute Gasteiger partial charge is 0.481 e. The Morgan fingerprint density at radius 1 is 1.48 bits per heavy atom. The van der Waals surface area contributed by atoms with E-state index in [4.69, 9.17) is 4.74 Å². The molecule has 1 N–H and O–H groups in total. The standard InChI is InChI=1S/C14H15BrFN3O2/c1-8-14(9(2)19(3)18-8)17-13(20)7-21-12-5-4-10(15)6-11(12)16/h4-6H,7H2,1-3H3,(H,17,20). The molecule has 0 atom stereocenters. The van der Waals surface area contributed by atoms with Gasteiger partial charge in [-0.25, -0.2) is 4.39 Å². The van der Waals surface area contributed by atoms with Crippen molar-refractivity contribution in [1.29, 1.82) is 0 Å². The predicted molar refractivity (Wildman–Crippen MR) is 80.9 cm³/mol. The van der Waals surface area contributed by atoms with Crippen LogP contribution >= 0.6 is 15.9 Å². The molecule has 0 saturated heterocycles. The topological polar surface area (TPSA) is 56.2 Å². The monoisotopic (exact) mass is 355 g/mol. The number of hydrogen-bond donors (Lipinski definition) is 1. The lowest BCUT2D eigenvalue weighted by Crippen LogP contribution is -2.21. The minimum atomic E-state index is -0.522. The molecule has 7 heteroatoms. The number of aromatic nitrogens is 2. The zero-order chi connectivity index (χ0) is 15.6. The number of benzene rings is 1. The first-order valence-electron chi connectivity index (χ1n) is 6.26. The molecule has 0 bridgehead atoms. The summed E-state index contributed by atoms with van der Waals surface area (Å²) in [5, 5.41) is 6.92. The number of amides is 1. The highest BCUT2D eigenvalue weighted by Crippen LogP contribution is 2.22. The van der Waals surface area contributed by atoms with E-state index in [-0.39, 0.29) is 18.3 Å². The highest BCUT2D eigenvalue weighted by atomic mass is 79.9. The highest BCUT2D eigenvalue weighted by molar-refractivity contribution is 9.10. The van der Waals surface area contributed by atoms with Crippen LogP contribution in [-0.2, 0) is 11.8 Å². The van der Waals surface area contributed by atoms with Crippen LogP contribution in [0.2, 0.25) is 0 Å².